The molecule has 4 N–H and O–H groups in total. The van der Waals surface area contributed by atoms with E-state index < -0.39 is 11.0 Å². The molecule has 0 fully saturated rings. The molecule has 0 saturated heterocycles. The molecule has 0 saturated carbocycles. The maximum atomic E-state index is 12.0. The molecule has 0 heterocycles. The van der Waals surface area contributed by atoms with E-state index in [4.69, 9.17) is 20.4 Å². The number of halogens is 1. The molecule has 190 valence electrons. The monoisotopic (exact) mass is 490 g/mol. The van der Waals surface area contributed by atoms with Gasteiger partial charge in [-0.1, -0.05) is 34.6 Å². The van der Waals surface area contributed by atoms with Gasteiger partial charge in [0, 0.05) is 18.2 Å². The number of aliphatic hydroxyl groups excluding tert-OH is 1. The van der Waals surface area contributed by atoms with E-state index in [-0.39, 0.29) is 40.4 Å². The summed E-state index contributed by atoms with van der Waals surface area (Å²) in [6.45, 7) is 16.4. The van der Waals surface area contributed by atoms with Crippen molar-refractivity contribution < 1.29 is 28.4 Å². The Balaban J connectivity index is -0.000000119. The second kappa shape index (κ2) is 22.4. The quantitative estimate of drug-likeness (QED) is 0.420. The van der Waals surface area contributed by atoms with Crippen LogP contribution in [0.5, 0.6) is 0 Å². The molecule has 0 aromatic carbocycles. The summed E-state index contributed by atoms with van der Waals surface area (Å²) in [6, 6.07) is 0. The third-order valence-corrected chi connectivity index (χ3v) is 6.76. The molecule has 0 aromatic rings. The van der Waals surface area contributed by atoms with E-state index in [0.29, 0.717) is 6.42 Å². The minimum Gasteiger partial charge on any atom is -0.469 e. The van der Waals surface area contributed by atoms with Crippen LogP contribution in [-0.4, -0.2) is 51.5 Å². The van der Waals surface area contributed by atoms with Gasteiger partial charge in [-0.3, -0.25) is 4.79 Å². The van der Waals surface area contributed by atoms with Crippen molar-refractivity contribution in [1.82, 2.24) is 4.72 Å². The number of rotatable bonds is 9. The summed E-state index contributed by atoms with van der Waals surface area (Å²) >= 11 is 0. The Hall–Kier alpha value is -0.830. The molecule has 1 atom stereocenters. The Morgan fingerprint density at radius 2 is 1.29 bits per heavy atom. The van der Waals surface area contributed by atoms with Crippen LogP contribution in [0.25, 0.3) is 0 Å². The first-order valence-electron chi connectivity index (χ1n) is 10.3. The smallest absolute Gasteiger partial charge is 0.373 e. The van der Waals surface area contributed by atoms with Gasteiger partial charge in [-0.05, 0) is 52.9 Å². The Morgan fingerprint density at radius 1 is 0.968 bits per heavy atom. The number of hydrogen-bond acceptors (Lipinski definition) is 7. The van der Waals surface area contributed by atoms with Gasteiger partial charge in [0.15, 0.2) is 0 Å². The van der Waals surface area contributed by atoms with Crippen molar-refractivity contribution in [3.8, 4) is 0 Å². The standard InChI is InChI=1S/C11H25NOS.C8H17NO2.CO2.CH4O.ClH/c1-7-11(8-2,9-3)12-14(13)10(4,5)6;1-4-8(9,5-2)6-7(10)11-3;2-1-3;1-2;/h12H,7-9H2,1-6H3;4-6,9H2,1-3H3;;2H,1H3;1H/t14-;;;;/m1..../s1. The molecular weight excluding hydrogens is 444 g/mol. The summed E-state index contributed by atoms with van der Waals surface area (Å²) in [5.41, 5.74) is 5.56. The fourth-order valence-electron chi connectivity index (χ4n) is 2.18. The lowest BCUT2D eigenvalue weighted by Gasteiger charge is -2.34. The highest BCUT2D eigenvalue weighted by molar-refractivity contribution is 7.84. The second-order valence-corrected chi connectivity index (χ2v) is 9.70. The van der Waals surface area contributed by atoms with Crippen molar-refractivity contribution in [3.63, 3.8) is 0 Å². The zero-order chi connectivity index (χ0) is 25.0. The first kappa shape index (κ1) is 40.5. The van der Waals surface area contributed by atoms with Crippen molar-refractivity contribution in [2.75, 3.05) is 14.2 Å². The molecule has 0 aromatic heterocycles. The maximum Gasteiger partial charge on any atom is 0.373 e. The first-order chi connectivity index (χ1) is 13.8. The number of carbonyl (C=O) groups is 1. The molecule has 0 aliphatic rings. The highest BCUT2D eigenvalue weighted by Crippen LogP contribution is 2.22. The Labute approximate surface area is 198 Å². The molecule has 0 aliphatic carbocycles. The predicted molar refractivity (Wildman–Crippen MR) is 129 cm³/mol. The molecule has 0 radical (unpaired) electrons. The molecule has 0 bridgehead atoms. The van der Waals surface area contributed by atoms with Crippen LogP contribution in [0.2, 0.25) is 0 Å². The summed E-state index contributed by atoms with van der Waals surface area (Å²) in [5.74, 6) is -0.226. The second-order valence-electron chi connectivity index (χ2n) is 7.73. The Bertz CT molecular complexity index is 476. The Morgan fingerprint density at radius 3 is 1.48 bits per heavy atom. The largest absolute Gasteiger partial charge is 0.469 e. The summed E-state index contributed by atoms with van der Waals surface area (Å²) in [7, 11) is 1.43. The summed E-state index contributed by atoms with van der Waals surface area (Å²) in [5, 5.41) is 7.00. The number of aliphatic hydroxyl groups is 1. The minimum absolute atomic E-state index is 0. The first-order valence-corrected chi connectivity index (χ1v) is 11.4. The van der Waals surface area contributed by atoms with Gasteiger partial charge in [0.05, 0.1) is 29.3 Å². The van der Waals surface area contributed by atoms with Gasteiger partial charge in [0.2, 0.25) is 0 Å². The number of nitrogens with one attached hydrogen (secondary N) is 1. The molecule has 0 spiro atoms. The number of ether oxygens (including phenoxy) is 1. The molecule has 0 rings (SSSR count). The van der Waals surface area contributed by atoms with Crippen molar-refractivity contribution in [1.29, 1.82) is 0 Å². The van der Waals surface area contributed by atoms with E-state index in [0.717, 1.165) is 39.2 Å². The van der Waals surface area contributed by atoms with Crippen LogP contribution < -0.4 is 10.5 Å². The zero-order valence-electron chi connectivity index (χ0n) is 21.1. The lowest BCUT2D eigenvalue weighted by Crippen LogP contribution is -2.49. The minimum atomic E-state index is -0.956. The molecule has 10 heteroatoms. The average Bonchev–Trinajstić information content (AvgIpc) is 2.73. The molecule has 0 amide bonds. The molecule has 31 heavy (non-hydrogen) atoms. The highest BCUT2D eigenvalue weighted by atomic mass is 35.5. The molecule has 0 aliphatic heterocycles. The van der Waals surface area contributed by atoms with Crippen LogP contribution in [0.15, 0.2) is 0 Å². The highest BCUT2D eigenvalue weighted by Gasteiger charge is 2.30. The van der Waals surface area contributed by atoms with Gasteiger partial charge in [-0.2, -0.15) is 9.59 Å². The molecule has 8 nitrogen and oxygen atoms in total. The van der Waals surface area contributed by atoms with E-state index in [1.807, 2.05) is 34.6 Å². The summed E-state index contributed by atoms with van der Waals surface area (Å²) < 4.78 is 19.6. The van der Waals surface area contributed by atoms with Crippen molar-refractivity contribution >= 4 is 35.5 Å². The average molecular weight is 491 g/mol. The third-order valence-electron chi connectivity index (χ3n) is 5.03. The number of methoxy groups -OCH3 is 1. The number of nitrogens with two attached hydrogens (primary N) is 1. The van der Waals surface area contributed by atoms with Crippen LogP contribution in [-0.2, 0) is 30.1 Å². The Kier molecular flexibility index (Phi) is 29.2. The molecule has 0 unspecified atom stereocenters. The van der Waals surface area contributed by atoms with Crippen molar-refractivity contribution in [2.24, 2.45) is 5.73 Å². The third kappa shape index (κ3) is 20.8. The van der Waals surface area contributed by atoms with Crippen LogP contribution in [0, 0.1) is 0 Å². The number of esters is 1. The summed E-state index contributed by atoms with van der Waals surface area (Å²) in [6.07, 6.45) is 5.26. The van der Waals surface area contributed by atoms with E-state index in [2.05, 4.69) is 30.2 Å². The lowest BCUT2D eigenvalue weighted by atomic mass is 9.90. The van der Waals surface area contributed by atoms with E-state index in [1.165, 1.54) is 7.11 Å². The van der Waals surface area contributed by atoms with Gasteiger partial charge in [0.25, 0.3) is 0 Å². The van der Waals surface area contributed by atoms with Gasteiger partial charge in [0.1, 0.15) is 0 Å². The number of hydrogen-bond donors (Lipinski definition) is 3. The van der Waals surface area contributed by atoms with Gasteiger partial charge < -0.3 is 15.6 Å². The van der Waals surface area contributed by atoms with Crippen LogP contribution >= 0.6 is 12.4 Å². The van der Waals surface area contributed by atoms with Crippen molar-refractivity contribution in [3.05, 3.63) is 0 Å². The van der Waals surface area contributed by atoms with E-state index >= 15 is 0 Å². The fraction of sp³-hybridized carbons (Fsp3) is 0.905. The zero-order valence-corrected chi connectivity index (χ0v) is 22.8. The van der Waals surface area contributed by atoms with Gasteiger partial charge in [-0.15, -0.1) is 12.4 Å². The normalized spacial score (nSPS) is 11.5. The van der Waals surface area contributed by atoms with Gasteiger partial charge >= 0.3 is 12.1 Å². The fourth-order valence-corrected chi connectivity index (χ4v) is 3.31. The van der Waals surface area contributed by atoms with Crippen molar-refractivity contribution in [2.45, 2.75) is 110 Å². The predicted octanol–water partition coefficient (Wildman–Crippen LogP) is 3.52. The maximum absolute atomic E-state index is 12.0. The summed E-state index contributed by atoms with van der Waals surface area (Å²) in [4.78, 5) is 27.1. The molecular formula is C21H47ClN2O6S. The topological polar surface area (TPSA) is 136 Å². The van der Waals surface area contributed by atoms with Gasteiger partial charge in [-0.25, -0.2) is 8.93 Å². The van der Waals surface area contributed by atoms with E-state index in [9.17, 15) is 9.00 Å². The van der Waals surface area contributed by atoms with E-state index in [1.54, 1.807) is 0 Å². The lowest BCUT2D eigenvalue weighted by molar-refractivity contribution is -0.191. The van der Waals surface area contributed by atoms with Crippen LogP contribution in [0.4, 0.5) is 0 Å². The van der Waals surface area contributed by atoms with Crippen LogP contribution in [0.3, 0.4) is 0 Å². The van der Waals surface area contributed by atoms with Crippen LogP contribution in [0.1, 0.15) is 93.9 Å². The number of carbonyl (C=O) groups excluding carboxylic acids is 3. The SMILES string of the molecule is CCC(CC)(CC)N[S@](=O)C(C)(C)C.CCC(N)(CC)CC(=O)OC.CO.Cl.O=C=O.